The smallest absolute Gasteiger partial charge is 0.103 e. The predicted molar refractivity (Wildman–Crippen MR) is 62.0 cm³/mol. The third kappa shape index (κ3) is 2.27. The fourth-order valence-corrected chi connectivity index (χ4v) is 1.84. The molecule has 2 rings (SSSR count). The lowest BCUT2D eigenvalue weighted by Gasteiger charge is -2.05. The summed E-state index contributed by atoms with van der Waals surface area (Å²) in [4.78, 5) is 7.48. The number of imidazole rings is 1. The molecule has 0 spiro atoms. The first-order valence-electron chi connectivity index (χ1n) is 5.37. The molecule has 1 aromatic heterocycles. The maximum atomic E-state index is 4.21. The van der Waals surface area contributed by atoms with Gasteiger partial charge in [0.15, 0.2) is 0 Å². The van der Waals surface area contributed by atoms with Gasteiger partial charge in [0, 0.05) is 18.3 Å². The molecule has 0 fully saturated rings. The van der Waals surface area contributed by atoms with Crippen molar-refractivity contribution in [3.63, 3.8) is 0 Å². The highest BCUT2D eigenvalue weighted by molar-refractivity contribution is 5.30. The molecule has 2 heteroatoms. The van der Waals surface area contributed by atoms with Gasteiger partial charge in [-0.05, 0) is 24.5 Å². The molecule has 1 N–H and O–H groups in total. The van der Waals surface area contributed by atoms with E-state index in [2.05, 4.69) is 41.2 Å². The highest BCUT2D eigenvalue weighted by atomic mass is 14.9. The average Bonchev–Trinajstić information content (AvgIpc) is 2.65. The first kappa shape index (κ1) is 9.97. The molecule has 0 radical (unpaired) electrons. The first-order valence-corrected chi connectivity index (χ1v) is 5.37. The van der Waals surface area contributed by atoms with Gasteiger partial charge in [0.1, 0.15) is 5.82 Å². The highest BCUT2D eigenvalue weighted by Gasteiger charge is 2.02. The molecule has 0 unspecified atom stereocenters. The Morgan fingerprint density at radius 1 is 1.20 bits per heavy atom. The molecule has 1 aromatic carbocycles. The summed E-state index contributed by atoms with van der Waals surface area (Å²) in [6.45, 7) is 4.17. The van der Waals surface area contributed by atoms with Gasteiger partial charge in [0.05, 0.1) is 0 Å². The van der Waals surface area contributed by atoms with E-state index in [0.717, 1.165) is 18.7 Å². The monoisotopic (exact) mass is 200 g/mol. The summed E-state index contributed by atoms with van der Waals surface area (Å²) in [5.74, 6) is 0.985. The zero-order chi connectivity index (χ0) is 10.7. The molecule has 2 nitrogen and oxygen atoms in total. The lowest BCUT2D eigenvalue weighted by atomic mass is 10.0. The standard InChI is InChI=1S/C13H16N2/c1-3-11-6-4-5-7-12(11)8-13-9-14-10(2)15-13/h4-7,9H,3,8H2,1-2H3,(H,14,15). The lowest BCUT2D eigenvalue weighted by molar-refractivity contribution is 1.02. The number of H-pyrrole nitrogens is 1. The van der Waals surface area contributed by atoms with Gasteiger partial charge in [0.2, 0.25) is 0 Å². The second kappa shape index (κ2) is 4.30. The minimum Gasteiger partial charge on any atom is -0.346 e. The predicted octanol–water partition coefficient (Wildman–Crippen LogP) is 2.87. The molecule has 1 heterocycles. The molecule has 0 aliphatic rings. The lowest BCUT2D eigenvalue weighted by Crippen LogP contribution is -1.94. The second-order valence-corrected chi connectivity index (χ2v) is 3.79. The number of aromatic amines is 1. The number of nitrogens with one attached hydrogen (secondary N) is 1. The van der Waals surface area contributed by atoms with Crippen molar-refractivity contribution in [3.05, 3.63) is 53.1 Å². The zero-order valence-electron chi connectivity index (χ0n) is 9.25. The Balaban J connectivity index is 2.23. The van der Waals surface area contributed by atoms with Crippen LogP contribution in [0.1, 0.15) is 29.6 Å². The fourth-order valence-electron chi connectivity index (χ4n) is 1.84. The van der Waals surface area contributed by atoms with Crippen molar-refractivity contribution in [2.45, 2.75) is 26.7 Å². The Hall–Kier alpha value is -1.57. The van der Waals surface area contributed by atoms with Gasteiger partial charge in [-0.2, -0.15) is 0 Å². The van der Waals surface area contributed by atoms with E-state index in [1.807, 2.05) is 13.1 Å². The fraction of sp³-hybridized carbons (Fsp3) is 0.308. The molecule has 0 saturated heterocycles. The van der Waals surface area contributed by atoms with Crippen LogP contribution in [0.3, 0.4) is 0 Å². The quantitative estimate of drug-likeness (QED) is 0.810. The normalized spacial score (nSPS) is 10.5. The third-order valence-electron chi connectivity index (χ3n) is 2.64. The van der Waals surface area contributed by atoms with E-state index in [9.17, 15) is 0 Å². The minimum atomic E-state index is 0.949. The summed E-state index contributed by atoms with van der Waals surface area (Å²) in [5.41, 5.74) is 4.00. The number of aromatic nitrogens is 2. The van der Waals surface area contributed by atoms with Crippen LogP contribution < -0.4 is 0 Å². The van der Waals surface area contributed by atoms with Crippen molar-refractivity contribution in [3.8, 4) is 0 Å². The van der Waals surface area contributed by atoms with E-state index in [0.29, 0.717) is 0 Å². The number of hydrogen-bond donors (Lipinski definition) is 1. The Labute approximate surface area is 90.4 Å². The van der Waals surface area contributed by atoms with Gasteiger partial charge < -0.3 is 4.98 Å². The van der Waals surface area contributed by atoms with E-state index in [-0.39, 0.29) is 0 Å². The van der Waals surface area contributed by atoms with Gasteiger partial charge in [0.25, 0.3) is 0 Å². The van der Waals surface area contributed by atoms with Crippen LogP contribution >= 0.6 is 0 Å². The van der Waals surface area contributed by atoms with Crippen molar-refractivity contribution in [1.29, 1.82) is 0 Å². The molecule has 0 amide bonds. The number of rotatable bonds is 3. The first-order chi connectivity index (χ1) is 7.29. The van der Waals surface area contributed by atoms with E-state index >= 15 is 0 Å². The van der Waals surface area contributed by atoms with E-state index in [4.69, 9.17) is 0 Å². The third-order valence-corrected chi connectivity index (χ3v) is 2.64. The maximum absolute atomic E-state index is 4.21. The highest BCUT2D eigenvalue weighted by Crippen LogP contribution is 2.13. The summed E-state index contributed by atoms with van der Waals surface area (Å²) in [6, 6.07) is 8.58. The Morgan fingerprint density at radius 3 is 2.53 bits per heavy atom. The van der Waals surface area contributed by atoms with Crippen LogP contribution in [0.5, 0.6) is 0 Å². The van der Waals surface area contributed by atoms with Crippen molar-refractivity contribution >= 4 is 0 Å². The molecule has 0 bridgehead atoms. The summed E-state index contributed by atoms with van der Waals surface area (Å²) in [5, 5.41) is 0. The summed E-state index contributed by atoms with van der Waals surface area (Å²) < 4.78 is 0. The molecule has 78 valence electrons. The maximum Gasteiger partial charge on any atom is 0.103 e. The van der Waals surface area contributed by atoms with Gasteiger partial charge in [-0.25, -0.2) is 4.98 Å². The number of hydrogen-bond acceptors (Lipinski definition) is 1. The Morgan fingerprint density at radius 2 is 1.93 bits per heavy atom. The zero-order valence-corrected chi connectivity index (χ0v) is 9.25. The average molecular weight is 200 g/mol. The van der Waals surface area contributed by atoms with Crippen molar-refractivity contribution < 1.29 is 0 Å². The molecule has 0 aliphatic heterocycles. The second-order valence-electron chi connectivity index (χ2n) is 3.79. The van der Waals surface area contributed by atoms with Crippen LogP contribution in [0.15, 0.2) is 30.5 Å². The number of benzene rings is 1. The molecular formula is C13H16N2. The molecule has 0 aliphatic carbocycles. The molecule has 15 heavy (non-hydrogen) atoms. The van der Waals surface area contributed by atoms with Crippen molar-refractivity contribution in [2.75, 3.05) is 0 Å². The summed E-state index contributed by atoms with van der Waals surface area (Å²) in [7, 11) is 0. The number of aryl methyl sites for hydroxylation is 2. The van der Waals surface area contributed by atoms with Crippen molar-refractivity contribution in [2.24, 2.45) is 0 Å². The van der Waals surface area contributed by atoms with E-state index in [1.54, 1.807) is 0 Å². The van der Waals surface area contributed by atoms with Gasteiger partial charge in [-0.15, -0.1) is 0 Å². The van der Waals surface area contributed by atoms with Gasteiger partial charge in [-0.1, -0.05) is 31.2 Å². The van der Waals surface area contributed by atoms with Crippen LogP contribution in [0.2, 0.25) is 0 Å². The number of nitrogens with zero attached hydrogens (tertiary/aromatic N) is 1. The van der Waals surface area contributed by atoms with Crippen LogP contribution in [0.4, 0.5) is 0 Å². The molecule has 2 aromatic rings. The SMILES string of the molecule is CCc1ccccc1Cc1cnc(C)[nH]1. The van der Waals surface area contributed by atoms with E-state index in [1.165, 1.54) is 16.8 Å². The molecular weight excluding hydrogens is 184 g/mol. The minimum absolute atomic E-state index is 0.949. The Kier molecular flexibility index (Phi) is 2.86. The van der Waals surface area contributed by atoms with Crippen LogP contribution in [0.25, 0.3) is 0 Å². The van der Waals surface area contributed by atoms with E-state index < -0.39 is 0 Å². The topological polar surface area (TPSA) is 28.7 Å². The summed E-state index contributed by atoms with van der Waals surface area (Å²) in [6.07, 6.45) is 3.95. The molecule has 0 atom stereocenters. The summed E-state index contributed by atoms with van der Waals surface area (Å²) >= 11 is 0. The molecule has 0 saturated carbocycles. The Bertz CT molecular complexity index is 443. The largest absolute Gasteiger partial charge is 0.346 e. The van der Waals surface area contributed by atoms with Gasteiger partial charge in [-0.3, -0.25) is 0 Å². The van der Waals surface area contributed by atoms with Crippen LogP contribution in [0, 0.1) is 6.92 Å². The van der Waals surface area contributed by atoms with Crippen molar-refractivity contribution in [1.82, 2.24) is 9.97 Å². The van der Waals surface area contributed by atoms with Crippen LogP contribution in [-0.2, 0) is 12.8 Å². The van der Waals surface area contributed by atoms with Crippen LogP contribution in [-0.4, -0.2) is 9.97 Å². The van der Waals surface area contributed by atoms with Gasteiger partial charge >= 0.3 is 0 Å².